The van der Waals surface area contributed by atoms with Gasteiger partial charge in [-0.1, -0.05) is 47.8 Å². The van der Waals surface area contributed by atoms with Crippen molar-refractivity contribution in [1.82, 2.24) is 5.32 Å². The molecular weight excluding hydrogens is 571 g/mol. The first-order valence-electron chi connectivity index (χ1n) is 9.42. The molecule has 0 spiro atoms. The normalized spacial score (nSPS) is 14.2. The number of carbonyl (C=O) groups is 1. The van der Waals surface area contributed by atoms with Gasteiger partial charge in [0.05, 0.1) is 32.4 Å². The SMILES string of the molecule is CC[C@H](N)NC(=O)c1ccc(/C(F)=C/C(c2cc(Cl)c(Cl)c(Cl)c2)C(F)(F)F)cc1C(F)(F)F.Cl. The van der Waals surface area contributed by atoms with Gasteiger partial charge in [0.15, 0.2) is 0 Å². The molecule has 0 radical (unpaired) electrons. The van der Waals surface area contributed by atoms with Crippen molar-refractivity contribution in [3.8, 4) is 0 Å². The van der Waals surface area contributed by atoms with Gasteiger partial charge in [-0.05, 0) is 42.3 Å². The molecule has 0 heterocycles. The summed E-state index contributed by atoms with van der Waals surface area (Å²) in [5.41, 5.74) is 1.69. The maximum absolute atomic E-state index is 14.8. The number of benzene rings is 2. The maximum atomic E-state index is 14.8. The summed E-state index contributed by atoms with van der Waals surface area (Å²) < 4.78 is 96.4. The molecule has 2 aromatic rings. The Hall–Kier alpha value is -1.72. The van der Waals surface area contributed by atoms with Gasteiger partial charge in [-0.25, -0.2) is 4.39 Å². The fourth-order valence-electron chi connectivity index (χ4n) is 2.85. The molecule has 1 unspecified atom stereocenters. The number of nitrogens with one attached hydrogen (secondary N) is 1. The molecule has 0 bridgehead atoms. The van der Waals surface area contributed by atoms with Crippen LogP contribution in [0, 0.1) is 0 Å². The van der Waals surface area contributed by atoms with Gasteiger partial charge in [0.25, 0.3) is 5.91 Å². The van der Waals surface area contributed by atoms with E-state index in [-0.39, 0.29) is 46.0 Å². The number of alkyl halides is 6. The Morgan fingerprint density at radius 2 is 1.60 bits per heavy atom. The minimum atomic E-state index is -5.11. The van der Waals surface area contributed by atoms with Crippen LogP contribution in [0.25, 0.3) is 5.83 Å². The summed E-state index contributed by atoms with van der Waals surface area (Å²) in [6.45, 7) is 1.58. The second kappa shape index (κ2) is 12.0. The highest BCUT2D eigenvalue weighted by Gasteiger charge is 2.41. The first-order chi connectivity index (χ1) is 15.6. The van der Waals surface area contributed by atoms with Crippen molar-refractivity contribution in [3.05, 3.63) is 73.7 Å². The molecule has 2 rings (SSSR count). The lowest BCUT2D eigenvalue weighted by Crippen LogP contribution is -2.41. The number of allylic oxidation sites excluding steroid dienone is 1. The van der Waals surface area contributed by atoms with E-state index < -0.39 is 58.4 Å². The van der Waals surface area contributed by atoms with Gasteiger partial charge in [-0.3, -0.25) is 4.79 Å². The predicted molar refractivity (Wildman–Crippen MR) is 124 cm³/mol. The first kappa shape index (κ1) is 31.3. The number of carbonyl (C=O) groups excluding carboxylic acids is 1. The lowest BCUT2D eigenvalue weighted by atomic mass is 9.95. The number of amides is 1. The fraction of sp³-hybridized carbons (Fsp3) is 0.286. The van der Waals surface area contributed by atoms with Gasteiger partial charge in [0.2, 0.25) is 0 Å². The summed E-state index contributed by atoms with van der Waals surface area (Å²) in [6.07, 6.45) is -10.8. The molecule has 0 aliphatic carbocycles. The zero-order valence-corrected chi connectivity index (χ0v) is 20.6. The van der Waals surface area contributed by atoms with Crippen molar-refractivity contribution < 1.29 is 35.5 Å². The summed E-state index contributed by atoms with van der Waals surface area (Å²) in [5, 5.41) is 1.27. The molecule has 14 heteroatoms. The second-order valence-corrected chi connectivity index (χ2v) is 8.27. The van der Waals surface area contributed by atoms with Crippen LogP contribution in [0.3, 0.4) is 0 Å². The number of hydrogen-bond acceptors (Lipinski definition) is 2. The predicted octanol–water partition coefficient (Wildman–Crippen LogP) is 8.17. The molecule has 2 aromatic carbocycles. The molecule has 0 saturated carbocycles. The largest absolute Gasteiger partial charge is 0.417 e. The minimum absolute atomic E-state index is 0. The Bertz CT molecular complexity index is 1080. The molecule has 2 atom stereocenters. The van der Waals surface area contributed by atoms with Crippen LogP contribution in [-0.2, 0) is 6.18 Å². The van der Waals surface area contributed by atoms with E-state index in [0.717, 1.165) is 18.2 Å². The standard InChI is InChI=1S/C21H16Cl3F7N2O.ClH/c1-2-17(32)33-19(34)11-4-3-9(5-13(11)21(29,30)31)16(25)8-12(20(26,27)28)10-6-14(22)18(24)15(23)7-10;/h3-8,12,17H,2,32H2,1H3,(H,33,34);1H/b16-8-;/t12?,17-;/m1./s1. The quantitative estimate of drug-likeness (QED) is 0.203. The first-order valence-corrected chi connectivity index (χ1v) is 10.6. The Morgan fingerprint density at radius 1 is 1.06 bits per heavy atom. The number of rotatable bonds is 6. The molecule has 0 fully saturated rings. The molecule has 0 aliphatic heterocycles. The highest BCUT2D eigenvalue weighted by molar-refractivity contribution is 6.48. The van der Waals surface area contributed by atoms with E-state index in [1.807, 2.05) is 0 Å². The van der Waals surface area contributed by atoms with Crippen LogP contribution in [0.4, 0.5) is 30.7 Å². The van der Waals surface area contributed by atoms with Crippen molar-refractivity contribution >= 4 is 58.9 Å². The number of hydrogen-bond donors (Lipinski definition) is 2. The Morgan fingerprint density at radius 3 is 2.06 bits per heavy atom. The van der Waals surface area contributed by atoms with Crippen LogP contribution in [0.2, 0.25) is 15.1 Å². The van der Waals surface area contributed by atoms with Gasteiger partial charge in [-0.15, -0.1) is 12.4 Å². The zero-order valence-electron chi connectivity index (χ0n) is 17.5. The molecular formula is C21H17Cl4F7N2O. The highest BCUT2D eigenvalue weighted by Crippen LogP contribution is 2.42. The van der Waals surface area contributed by atoms with E-state index in [9.17, 15) is 35.5 Å². The molecule has 0 aromatic heterocycles. The Kier molecular flexibility index (Phi) is 10.7. The summed E-state index contributed by atoms with van der Waals surface area (Å²) in [4.78, 5) is 12.2. The van der Waals surface area contributed by atoms with Gasteiger partial charge in [-0.2, -0.15) is 26.3 Å². The van der Waals surface area contributed by atoms with Gasteiger partial charge in [0, 0.05) is 5.56 Å². The molecule has 3 N–H and O–H groups in total. The van der Waals surface area contributed by atoms with E-state index in [2.05, 4.69) is 5.32 Å². The lowest BCUT2D eigenvalue weighted by molar-refractivity contribution is -0.140. The topological polar surface area (TPSA) is 55.1 Å². The number of halogens is 11. The van der Waals surface area contributed by atoms with Crippen LogP contribution in [0.15, 0.2) is 36.4 Å². The third-order valence-electron chi connectivity index (χ3n) is 4.63. The van der Waals surface area contributed by atoms with Crippen molar-refractivity contribution in [2.24, 2.45) is 5.73 Å². The zero-order chi connectivity index (χ0) is 26.0. The van der Waals surface area contributed by atoms with Gasteiger partial charge >= 0.3 is 12.4 Å². The summed E-state index contributed by atoms with van der Waals surface area (Å²) in [6, 6.07) is 3.30. The minimum Gasteiger partial charge on any atom is -0.337 e. The van der Waals surface area contributed by atoms with Crippen molar-refractivity contribution in [2.75, 3.05) is 0 Å². The van der Waals surface area contributed by atoms with Crippen molar-refractivity contribution in [1.29, 1.82) is 0 Å². The van der Waals surface area contributed by atoms with Crippen molar-refractivity contribution in [3.63, 3.8) is 0 Å². The van der Waals surface area contributed by atoms with E-state index in [0.29, 0.717) is 6.07 Å². The molecule has 3 nitrogen and oxygen atoms in total. The van der Waals surface area contributed by atoms with Crippen LogP contribution in [0.1, 0.15) is 46.3 Å². The lowest BCUT2D eigenvalue weighted by Gasteiger charge is -2.19. The molecule has 35 heavy (non-hydrogen) atoms. The Balaban J connectivity index is 0.00000612. The Labute approximate surface area is 216 Å². The maximum Gasteiger partial charge on any atom is 0.417 e. The smallest absolute Gasteiger partial charge is 0.337 e. The highest BCUT2D eigenvalue weighted by atomic mass is 35.5. The fourth-order valence-corrected chi connectivity index (χ4v) is 3.46. The van der Waals surface area contributed by atoms with Crippen LogP contribution >= 0.6 is 47.2 Å². The van der Waals surface area contributed by atoms with E-state index in [1.165, 1.54) is 0 Å². The third-order valence-corrected chi connectivity index (χ3v) is 5.83. The van der Waals surface area contributed by atoms with E-state index in [1.54, 1.807) is 6.92 Å². The van der Waals surface area contributed by atoms with Crippen molar-refractivity contribution in [2.45, 2.75) is 37.8 Å². The van der Waals surface area contributed by atoms with E-state index >= 15 is 0 Å². The van der Waals surface area contributed by atoms with E-state index in [4.69, 9.17) is 40.5 Å². The molecule has 194 valence electrons. The summed E-state index contributed by atoms with van der Waals surface area (Å²) >= 11 is 17.3. The third kappa shape index (κ3) is 7.88. The van der Waals surface area contributed by atoms with Crippen LogP contribution in [0.5, 0.6) is 0 Å². The van der Waals surface area contributed by atoms with Gasteiger partial charge < -0.3 is 11.1 Å². The molecule has 1 amide bonds. The molecule has 0 aliphatic rings. The van der Waals surface area contributed by atoms with Gasteiger partial charge in [0.1, 0.15) is 11.7 Å². The monoisotopic (exact) mass is 586 g/mol. The van der Waals surface area contributed by atoms with Crippen LogP contribution < -0.4 is 11.1 Å². The average Bonchev–Trinajstić information content (AvgIpc) is 2.73. The van der Waals surface area contributed by atoms with Crippen LogP contribution in [-0.4, -0.2) is 18.2 Å². The second-order valence-electron chi connectivity index (χ2n) is 7.08. The summed E-state index contributed by atoms with van der Waals surface area (Å²) in [7, 11) is 0. The average molecular weight is 588 g/mol. The summed E-state index contributed by atoms with van der Waals surface area (Å²) in [5.74, 6) is -5.40. The molecule has 0 saturated heterocycles. The number of nitrogens with two attached hydrogens (primary N) is 1.